The van der Waals surface area contributed by atoms with Gasteiger partial charge in [-0.1, -0.05) is 32.0 Å². The number of halogens is 1. The van der Waals surface area contributed by atoms with Gasteiger partial charge in [0.1, 0.15) is 18.2 Å². The van der Waals surface area contributed by atoms with Crippen molar-refractivity contribution in [1.82, 2.24) is 19.2 Å². The van der Waals surface area contributed by atoms with E-state index in [-0.39, 0.29) is 18.1 Å². The van der Waals surface area contributed by atoms with Crippen molar-refractivity contribution in [3.05, 3.63) is 70.5 Å². The van der Waals surface area contributed by atoms with Gasteiger partial charge in [0, 0.05) is 11.6 Å². The van der Waals surface area contributed by atoms with Crippen molar-refractivity contribution in [2.24, 2.45) is 0 Å². The van der Waals surface area contributed by atoms with Gasteiger partial charge < -0.3 is 5.32 Å². The third-order valence-corrected chi connectivity index (χ3v) is 4.46. The molecule has 0 saturated carbocycles. The number of hydrogen-bond donors (Lipinski definition) is 1. The first kappa shape index (κ1) is 17.8. The maximum atomic E-state index is 13.3. The predicted octanol–water partition coefficient (Wildman–Crippen LogP) is 2.95. The molecule has 4 rings (SSSR count). The minimum Gasteiger partial charge on any atom is -0.324 e. The van der Waals surface area contributed by atoms with Gasteiger partial charge in [0.05, 0.1) is 11.0 Å². The Kier molecular flexibility index (Phi) is 4.38. The Morgan fingerprint density at radius 1 is 1.11 bits per heavy atom. The average Bonchev–Trinajstić information content (AvgIpc) is 3.11. The summed E-state index contributed by atoms with van der Waals surface area (Å²) in [5.74, 6) is -0.137. The molecule has 1 N–H and O–H groups in total. The monoisotopic (exact) mass is 379 g/mol. The molecule has 2 aromatic carbocycles. The van der Waals surface area contributed by atoms with E-state index in [0.29, 0.717) is 17.0 Å². The molecule has 7 nitrogen and oxygen atoms in total. The van der Waals surface area contributed by atoms with Crippen LogP contribution in [-0.4, -0.2) is 25.1 Å². The molecule has 2 aromatic heterocycles. The quantitative estimate of drug-likeness (QED) is 0.591. The number of rotatable bonds is 4. The summed E-state index contributed by atoms with van der Waals surface area (Å²) in [6.45, 7) is 3.72. The molecule has 0 fully saturated rings. The number of benzene rings is 2. The molecule has 0 radical (unpaired) electrons. The Bertz CT molecular complexity index is 1260. The van der Waals surface area contributed by atoms with Crippen molar-refractivity contribution in [3.63, 3.8) is 0 Å². The zero-order valence-corrected chi connectivity index (χ0v) is 15.4. The number of carbonyl (C=O) groups is 1. The lowest BCUT2D eigenvalue weighted by Gasteiger charge is -2.13. The number of hydrogen-bond acceptors (Lipinski definition) is 4. The van der Waals surface area contributed by atoms with Gasteiger partial charge in [-0.05, 0) is 30.3 Å². The first-order valence-electron chi connectivity index (χ1n) is 8.87. The number of carbonyl (C=O) groups excluding carboxylic acids is 1. The molecule has 0 aliphatic heterocycles. The van der Waals surface area contributed by atoms with Crippen LogP contribution in [0, 0.1) is 5.82 Å². The first-order valence-corrected chi connectivity index (χ1v) is 8.87. The van der Waals surface area contributed by atoms with Gasteiger partial charge in [-0.15, -0.1) is 10.2 Å². The van der Waals surface area contributed by atoms with Gasteiger partial charge in [0.15, 0.2) is 0 Å². The molecular weight excluding hydrogens is 361 g/mol. The molecule has 0 aliphatic rings. The van der Waals surface area contributed by atoms with Gasteiger partial charge in [-0.25, -0.2) is 4.39 Å². The summed E-state index contributed by atoms with van der Waals surface area (Å²) < 4.78 is 16.4. The summed E-state index contributed by atoms with van der Waals surface area (Å²) in [5.41, 5.74) is 1.42. The van der Waals surface area contributed by atoms with E-state index in [4.69, 9.17) is 0 Å². The molecule has 0 unspecified atom stereocenters. The lowest BCUT2D eigenvalue weighted by molar-refractivity contribution is -0.116. The van der Waals surface area contributed by atoms with Gasteiger partial charge >= 0.3 is 0 Å². The van der Waals surface area contributed by atoms with E-state index in [9.17, 15) is 14.0 Å². The smallest absolute Gasteiger partial charge is 0.297 e. The van der Waals surface area contributed by atoms with E-state index in [2.05, 4.69) is 15.5 Å². The molecule has 0 spiro atoms. The van der Waals surface area contributed by atoms with Crippen LogP contribution in [-0.2, 0) is 11.3 Å². The molecule has 0 atom stereocenters. The van der Waals surface area contributed by atoms with Crippen LogP contribution in [0.15, 0.2) is 53.3 Å². The zero-order valence-electron chi connectivity index (χ0n) is 15.4. The van der Waals surface area contributed by atoms with Crippen LogP contribution in [0.3, 0.4) is 0 Å². The Hall–Kier alpha value is -3.55. The van der Waals surface area contributed by atoms with Crippen molar-refractivity contribution in [1.29, 1.82) is 0 Å². The predicted molar refractivity (Wildman–Crippen MR) is 104 cm³/mol. The fraction of sp³-hybridized carbons (Fsp3) is 0.200. The second-order valence-corrected chi connectivity index (χ2v) is 6.81. The number of aromatic nitrogens is 4. The van der Waals surface area contributed by atoms with E-state index < -0.39 is 17.3 Å². The highest BCUT2D eigenvalue weighted by atomic mass is 19.1. The molecule has 8 heteroatoms. The first-order chi connectivity index (χ1) is 13.5. The Balaban J connectivity index is 1.81. The van der Waals surface area contributed by atoms with Crippen LogP contribution >= 0.6 is 0 Å². The topological polar surface area (TPSA) is 81.3 Å². The molecule has 0 saturated heterocycles. The number of nitrogens with zero attached hydrogens (tertiary/aromatic N) is 4. The fourth-order valence-corrected chi connectivity index (χ4v) is 3.23. The zero-order chi connectivity index (χ0) is 19.8. The number of fused-ring (bicyclic) bond motifs is 3. The summed E-state index contributed by atoms with van der Waals surface area (Å²) in [7, 11) is 0. The summed E-state index contributed by atoms with van der Waals surface area (Å²) in [5, 5.41) is 10.8. The SMILES string of the molecule is CC(C)c1nnc2c(=O)n(CC(=O)Nc3cccc(F)c3)c3ccccc3n12. The second-order valence-electron chi connectivity index (χ2n) is 6.81. The van der Waals surface area contributed by atoms with Crippen LogP contribution in [0.2, 0.25) is 0 Å². The molecule has 28 heavy (non-hydrogen) atoms. The highest BCUT2D eigenvalue weighted by molar-refractivity contribution is 5.91. The number of para-hydroxylation sites is 2. The average molecular weight is 379 g/mol. The molecule has 0 aliphatic carbocycles. The number of amides is 1. The van der Waals surface area contributed by atoms with Gasteiger partial charge in [-0.2, -0.15) is 0 Å². The Morgan fingerprint density at radius 2 is 1.86 bits per heavy atom. The maximum absolute atomic E-state index is 13.3. The largest absolute Gasteiger partial charge is 0.324 e. The molecule has 2 heterocycles. The van der Waals surface area contributed by atoms with Crippen LogP contribution in [0.25, 0.3) is 16.7 Å². The number of anilines is 1. The molecule has 1 amide bonds. The van der Waals surface area contributed by atoms with Gasteiger partial charge in [0.2, 0.25) is 11.6 Å². The maximum Gasteiger partial charge on any atom is 0.297 e. The van der Waals surface area contributed by atoms with Crippen molar-refractivity contribution in [2.45, 2.75) is 26.3 Å². The second kappa shape index (κ2) is 6.88. The van der Waals surface area contributed by atoms with Crippen LogP contribution < -0.4 is 10.9 Å². The minimum absolute atomic E-state index is 0.0740. The van der Waals surface area contributed by atoms with Crippen molar-refractivity contribution in [3.8, 4) is 0 Å². The van der Waals surface area contributed by atoms with E-state index >= 15 is 0 Å². The van der Waals surface area contributed by atoms with Gasteiger partial charge in [0.25, 0.3) is 5.56 Å². The van der Waals surface area contributed by atoms with Gasteiger partial charge in [-0.3, -0.25) is 18.6 Å². The van der Waals surface area contributed by atoms with Crippen LogP contribution in [0.4, 0.5) is 10.1 Å². The molecule has 0 bridgehead atoms. The van der Waals surface area contributed by atoms with E-state index in [1.54, 1.807) is 22.6 Å². The van der Waals surface area contributed by atoms with Crippen LogP contribution in [0.1, 0.15) is 25.6 Å². The minimum atomic E-state index is -0.452. The van der Waals surface area contributed by atoms with E-state index in [1.165, 1.54) is 22.8 Å². The summed E-state index contributed by atoms with van der Waals surface area (Å²) >= 11 is 0. The number of nitrogens with one attached hydrogen (secondary N) is 1. The normalized spacial score (nSPS) is 11.4. The fourth-order valence-electron chi connectivity index (χ4n) is 3.23. The van der Waals surface area contributed by atoms with Crippen molar-refractivity contribution < 1.29 is 9.18 Å². The van der Waals surface area contributed by atoms with Crippen LogP contribution in [0.5, 0.6) is 0 Å². The van der Waals surface area contributed by atoms with E-state index in [1.807, 2.05) is 26.0 Å². The lowest BCUT2D eigenvalue weighted by Crippen LogP contribution is -2.29. The summed E-state index contributed by atoms with van der Waals surface area (Å²) in [6, 6.07) is 12.9. The summed E-state index contributed by atoms with van der Waals surface area (Å²) in [6.07, 6.45) is 0. The lowest BCUT2D eigenvalue weighted by atomic mass is 10.2. The third kappa shape index (κ3) is 3.02. The standard InChI is InChI=1S/C20H18FN5O2/c1-12(2)18-23-24-19-20(28)25(15-8-3-4-9-16(15)26(18)19)11-17(27)22-14-7-5-6-13(21)10-14/h3-10,12H,11H2,1-2H3,(H,22,27). The van der Waals surface area contributed by atoms with Crippen molar-refractivity contribution in [2.75, 3.05) is 5.32 Å². The highest BCUT2D eigenvalue weighted by Gasteiger charge is 2.19. The molecule has 4 aromatic rings. The highest BCUT2D eigenvalue weighted by Crippen LogP contribution is 2.19. The van der Waals surface area contributed by atoms with Crippen molar-refractivity contribution >= 4 is 28.3 Å². The van der Waals surface area contributed by atoms with E-state index in [0.717, 1.165) is 5.52 Å². The Labute approximate surface area is 159 Å². The Morgan fingerprint density at radius 3 is 2.57 bits per heavy atom. The summed E-state index contributed by atoms with van der Waals surface area (Å²) in [4.78, 5) is 25.5. The molecule has 142 valence electrons. The molecular formula is C20H18FN5O2. The third-order valence-electron chi connectivity index (χ3n) is 4.46.